The average molecular weight is 405 g/mol. The lowest BCUT2D eigenvalue weighted by molar-refractivity contribution is -0.182. The van der Waals surface area contributed by atoms with Crippen molar-refractivity contribution in [2.24, 2.45) is 35.0 Å². The van der Waals surface area contributed by atoms with Crippen molar-refractivity contribution in [1.82, 2.24) is 0 Å². The van der Waals surface area contributed by atoms with Gasteiger partial charge in [-0.3, -0.25) is 9.59 Å². The highest BCUT2D eigenvalue weighted by Gasteiger charge is 2.69. The minimum atomic E-state index is -0.500. The molecule has 160 valence electrons. The van der Waals surface area contributed by atoms with Gasteiger partial charge in [-0.25, -0.2) is 4.79 Å². The van der Waals surface area contributed by atoms with Gasteiger partial charge in [0.1, 0.15) is 11.7 Å². The van der Waals surface area contributed by atoms with Gasteiger partial charge in [0.25, 0.3) is 0 Å². The van der Waals surface area contributed by atoms with Crippen LogP contribution in [0.15, 0.2) is 12.2 Å². The second kappa shape index (κ2) is 6.85. The quantitative estimate of drug-likeness (QED) is 0.397. The van der Waals surface area contributed by atoms with Gasteiger partial charge < -0.3 is 14.2 Å². The maximum absolute atomic E-state index is 13.4. The number of fused-ring (bicyclic) bond motifs is 1. The first-order valence-electron chi connectivity index (χ1n) is 10.8. The topological polar surface area (TPSA) is 78.9 Å². The zero-order valence-electron chi connectivity index (χ0n) is 17.9. The van der Waals surface area contributed by atoms with Gasteiger partial charge in [0.05, 0.1) is 18.4 Å². The molecule has 4 fully saturated rings. The Balaban J connectivity index is 1.54. The van der Waals surface area contributed by atoms with E-state index in [1.54, 1.807) is 6.92 Å². The maximum Gasteiger partial charge on any atom is 0.333 e. The Hall–Kier alpha value is -1.85. The number of hydrogen-bond acceptors (Lipinski definition) is 6. The highest BCUT2D eigenvalue weighted by molar-refractivity contribution is 5.87. The van der Waals surface area contributed by atoms with Crippen LogP contribution in [-0.2, 0) is 28.6 Å². The van der Waals surface area contributed by atoms with E-state index in [0.717, 1.165) is 32.1 Å². The SMILES string of the molecule is C=C(C)C(=O)OCC1C2CC3C1OC(=O)C3C2C(=O)OC1(C(C)(C)C)CCCC1. The number of hydrogen-bond donors (Lipinski definition) is 0. The molecule has 29 heavy (non-hydrogen) atoms. The molecule has 6 heteroatoms. The molecule has 1 heterocycles. The minimum Gasteiger partial charge on any atom is -0.462 e. The van der Waals surface area contributed by atoms with Gasteiger partial charge in [0.2, 0.25) is 0 Å². The molecule has 1 aliphatic heterocycles. The smallest absolute Gasteiger partial charge is 0.333 e. The Kier molecular flexibility index (Phi) is 4.82. The lowest BCUT2D eigenvalue weighted by Crippen LogP contribution is -2.48. The standard InChI is InChI=1S/C23H32O6/c1-12(2)19(24)27-11-15-13-10-14-17(20(25)28-18(14)15)16(13)21(26)29-23(22(3,4)5)8-6-7-9-23/h13-18H,1,6-11H2,2-5H3. The molecule has 0 spiro atoms. The Labute approximate surface area is 172 Å². The molecule has 0 amide bonds. The van der Waals surface area contributed by atoms with Crippen LogP contribution >= 0.6 is 0 Å². The highest BCUT2D eigenvalue weighted by Crippen LogP contribution is 2.61. The number of rotatable bonds is 5. The van der Waals surface area contributed by atoms with E-state index in [0.29, 0.717) is 5.57 Å². The summed E-state index contributed by atoms with van der Waals surface area (Å²) in [5.41, 5.74) is -0.305. The molecule has 0 aromatic carbocycles. The van der Waals surface area contributed by atoms with Gasteiger partial charge in [-0.15, -0.1) is 0 Å². The zero-order valence-corrected chi connectivity index (χ0v) is 17.9. The van der Waals surface area contributed by atoms with Gasteiger partial charge in [-0.2, -0.15) is 0 Å². The highest BCUT2D eigenvalue weighted by atomic mass is 16.6. The molecule has 4 aliphatic rings. The predicted molar refractivity (Wildman–Crippen MR) is 104 cm³/mol. The molecule has 6 unspecified atom stereocenters. The molecular formula is C23H32O6. The normalized spacial score (nSPS) is 36.8. The fourth-order valence-corrected chi connectivity index (χ4v) is 6.24. The molecule has 0 aromatic heterocycles. The van der Waals surface area contributed by atoms with Crippen molar-refractivity contribution in [3.8, 4) is 0 Å². The Morgan fingerprint density at radius 2 is 1.86 bits per heavy atom. The van der Waals surface area contributed by atoms with Crippen LogP contribution in [0.4, 0.5) is 0 Å². The van der Waals surface area contributed by atoms with Crippen molar-refractivity contribution in [2.45, 2.75) is 71.5 Å². The first-order chi connectivity index (χ1) is 13.6. The zero-order chi connectivity index (χ0) is 21.1. The second-order valence-electron chi connectivity index (χ2n) is 10.4. The van der Waals surface area contributed by atoms with Crippen LogP contribution < -0.4 is 0 Å². The van der Waals surface area contributed by atoms with Gasteiger partial charge in [0, 0.05) is 22.8 Å². The summed E-state index contributed by atoms with van der Waals surface area (Å²) in [6, 6.07) is 0. The van der Waals surface area contributed by atoms with Crippen molar-refractivity contribution < 1.29 is 28.6 Å². The Bertz CT molecular complexity index is 741. The summed E-state index contributed by atoms with van der Waals surface area (Å²) >= 11 is 0. The number of esters is 3. The van der Waals surface area contributed by atoms with Crippen LogP contribution in [0.2, 0.25) is 0 Å². The molecular weight excluding hydrogens is 372 g/mol. The Morgan fingerprint density at radius 3 is 2.45 bits per heavy atom. The van der Waals surface area contributed by atoms with Crippen LogP contribution in [0.5, 0.6) is 0 Å². The van der Waals surface area contributed by atoms with Crippen molar-refractivity contribution in [1.29, 1.82) is 0 Å². The summed E-state index contributed by atoms with van der Waals surface area (Å²) in [6.45, 7) is 11.7. The molecule has 3 aliphatic carbocycles. The minimum absolute atomic E-state index is 0.0211. The van der Waals surface area contributed by atoms with Crippen molar-refractivity contribution in [3.05, 3.63) is 12.2 Å². The molecule has 6 atom stereocenters. The van der Waals surface area contributed by atoms with E-state index in [9.17, 15) is 14.4 Å². The predicted octanol–water partition coefficient (Wildman–Crippen LogP) is 3.43. The molecule has 4 rings (SSSR count). The molecule has 0 radical (unpaired) electrons. The first kappa shape index (κ1) is 20.4. The van der Waals surface area contributed by atoms with Crippen molar-refractivity contribution in [2.75, 3.05) is 6.61 Å². The summed E-state index contributed by atoms with van der Waals surface area (Å²) in [7, 11) is 0. The van der Waals surface area contributed by atoms with Gasteiger partial charge in [-0.1, -0.05) is 27.4 Å². The second-order valence-corrected chi connectivity index (χ2v) is 10.4. The third-order valence-corrected chi connectivity index (χ3v) is 7.87. The van der Waals surface area contributed by atoms with E-state index in [-0.39, 0.29) is 47.8 Å². The fraction of sp³-hybridized carbons (Fsp3) is 0.783. The Morgan fingerprint density at radius 1 is 1.21 bits per heavy atom. The summed E-state index contributed by atoms with van der Waals surface area (Å²) in [4.78, 5) is 37.8. The third-order valence-electron chi connectivity index (χ3n) is 7.87. The summed E-state index contributed by atoms with van der Waals surface area (Å²) < 4.78 is 17.2. The monoisotopic (exact) mass is 404 g/mol. The van der Waals surface area contributed by atoms with Gasteiger partial charge in [0.15, 0.2) is 0 Å². The summed E-state index contributed by atoms with van der Waals surface area (Å²) in [5.74, 6) is -2.12. The van der Waals surface area contributed by atoms with Crippen LogP contribution in [0, 0.1) is 35.0 Å². The van der Waals surface area contributed by atoms with E-state index in [2.05, 4.69) is 27.4 Å². The third kappa shape index (κ3) is 3.10. The van der Waals surface area contributed by atoms with E-state index >= 15 is 0 Å². The molecule has 6 nitrogen and oxygen atoms in total. The molecule has 1 saturated heterocycles. The lowest BCUT2D eigenvalue weighted by atomic mass is 9.73. The van der Waals surface area contributed by atoms with E-state index in [1.807, 2.05) is 0 Å². The molecule has 0 N–H and O–H groups in total. The number of carbonyl (C=O) groups excluding carboxylic acids is 3. The van der Waals surface area contributed by atoms with Crippen LogP contribution in [-0.4, -0.2) is 36.2 Å². The molecule has 2 bridgehead atoms. The van der Waals surface area contributed by atoms with E-state index in [4.69, 9.17) is 14.2 Å². The van der Waals surface area contributed by atoms with Crippen molar-refractivity contribution >= 4 is 17.9 Å². The van der Waals surface area contributed by atoms with Crippen molar-refractivity contribution in [3.63, 3.8) is 0 Å². The number of ether oxygens (including phenoxy) is 3. The largest absolute Gasteiger partial charge is 0.462 e. The van der Waals surface area contributed by atoms with Gasteiger partial charge >= 0.3 is 17.9 Å². The summed E-state index contributed by atoms with van der Waals surface area (Å²) in [6.07, 6.45) is 4.31. The average Bonchev–Trinajstić information content (AvgIpc) is 3.35. The fourth-order valence-electron chi connectivity index (χ4n) is 6.24. The molecule has 0 aromatic rings. The first-order valence-corrected chi connectivity index (χ1v) is 10.8. The van der Waals surface area contributed by atoms with E-state index < -0.39 is 23.4 Å². The van der Waals surface area contributed by atoms with Crippen LogP contribution in [0.1, 0.15) is 59.8 Å². The lowest BCUT2D eigenvalue weighted by Gasteiger charge is -2.42. The van der Waals surface area contributed by atoms with Crippen LogP contribution in [0.3, 0.4) is 0 Å². The van der Waals surface area contributed by atoms with Crippen LogP contribution in [0.25, 0.3) is 0 Å². The van der Waals surface area contributed by atoms with Gasteiger partial charge in [-0.05, 0) is 44.9 Å². The molecule has 3 saturated carbocycles. The maximum atomic E-state index is 13.4. The van der Waals surface area contributed by atoms with E-state index in [1.165, 1.54) is 0 Å². The summed E-state index contributed by atoms with van der Waals surface area (Å²) in [5, 5.41) is 0. The number of carbonyl (C=O) groups is 3.